The first-order chi connectivity index (χ1) is 17.8. The van der Waals surface area contributed by atoms with Crippen molar-refractivity contribution in [2.45, 2.75) is 55.8 Å². The van der Waals surface area contributed by atoms with E-state index < -0.39 is 27.2 Å². The van der Waals surface area contributed by atoms with Crippen LogP contribution in [0.3, 0.4) is 0 Å². The Kier molecular flexibility index (Phi) is 8.06. The van der Waals surface area contributed by atoms with Crippen molar-refractivity contribution in [3.05, 3.63) is 59.7 Å². The van der Waals surface area contributed by atoms with Gasteiger partial charge in [-0.1, -0.05) is 36.8 Å². The first kappa shape index (κ1) is 28.3. The van der Waals surface area contributed by atoms with Gasteiger partial charge >= 0.3 is 6.18 Å². The number of aromatic nitrogens is 3. The van der Waals surface area contributed by atoms with Gasteiger partial charge in [0.15, 0.2) is 5.15 Å². The molecular weight excluding hydrogens is 543 g/mol. The molecule has 0 amide bonds. The van der Waals surface area contributed by atoms with Gasteiger partial charge in [0.1, 0.15) is 23.1 Å². The molecule has 2 aromatic rings. The summed E-state index contributed by atoms with van der Waals surface area (Å²) >= 11 is 6.23. The number of ether oxygens (including phenoxy) is 1. The summed E-state index contributed by atoms with van der Waals surface area (Å²) in [7, 11) is -0.247. The zero-order valence-corrected chi connectivity index (χ0v) is 22.7. The quantitative estimate of drug-likeness (QED) is 0.453. The minimum atomic E-state index is -4.35. The highest BCUT2D eigenvalue weighted by atomic mass is 35.5. The Morgan fingerprint density at radius 1 is 1.21 bits per heavy atom. The molecule has 2 aromatic heterocycles. The fraction of sp³-hybridized carbons (Fsp3) is 0.480. The minimum absolute atomic E-state index is 0.0222. The van der Waals surface area contributed by atoms with Gasteiger partial charge in [-0.05, 0) is 63.2 Å². The maximum absolute atomic E-state index is 13.4. The molecule has 4 rings (SSSR count). The molecule has 4 atom stereocenters. The van der Waals surface area contributed by atoms with E-state index in [0.29, 0.717) is 19.3 Å². The summed E-state index contributed by atoms with van der Waals surface area (Å²) in [5, 5.41) is -0.259. The molecule has 206 valence electrons. The molecule has 8 nitrogen and oxygen atoms in total. The van der Waals surface area contributed by atoms with Gasteiger partial charge in [0.05, 0.1) is 0 Å². The Bertz CT molecular complexity index is 1320. The summed E-state index contributed by atoms with van der Waals surface area (Å²) in [5.41, 5.74) is -1.13. The molecule has 2 aliphatic carbocycles. The lowest BCUT2D eigenvalue weighted by Gasteiger charge is -2.46. The van der Waals surface area contributed by atoms with E-state index >= 15 is 0 Å². The van der Waals surface area contributed by atoms with Gasteiger partial charge in [0, 0.05) is 23.9 Å². The molecule has 2 aliphatic rings. The smallest absolute Gasteiger partial charge is 0.412 e. The monoisotopic (exact) mass is 571 g/mol. The summed E-state index contributed by atoms with van der Waals surface area (Å²) in [6, 6.07) is 4.05. The van der Waals surface area contributed by atoms with Crippen LogP contribution in [0.15, 0.2) is 59.4 Å². The van der Waals surface area contributed by atoms with E-state index in [1.54, 1.807) is 0 Å². The number of pyridine rings is 1. The molecule has 1 saturated carbocycles. The predicted octanol–water partition coefficient (Wildman–Crippen LogP) is 5.26. The number of hydrogen-bond donors (Lipinski definition) is 1. The van der Waals surface area contributed by atoms with E-state index in [4.69, 9.17) is 16.3 Å². The molecule has 0 aliphatic heterocycles. The van der Waals surface area contributed by atoms with Crippen molar-refractivity contribution >= 4 is 27.4 Å². The number of anilines is 1. The molecule has 1 fully saturated rings. The van der Waals surface area contributed by atoms with Crippen LogP contribution in [-0.2, 0) is 10.0 Å². The predicted molar refractivity (Wildman–Crippen MR) is 137 cm³/mol. The number of nitrogens with zero attached hydrogens (tertiary/aromatic N) is 4. The van der Waals surface area contributed by atoms with E-state index in [-0.39, 0.29) is 46.2 Å². The van der Waals surface area contributed by atoms with Gasteiger partial charge in [-0.25, -0.2) is 23.4 Å². The maximum Gasteiger partial charge on any atom is 0.412 e. The number of rotatable bonds is 7. The van der Waals surface area contributed by atoms with Crippen LogP contribution >= 0.6 is 11.6 Å². The highest BCUT2D eigenvalue weighted by Gasteiger charge is 2.45. The topological polar surface area (TPSA) is 97.3 Å². The molecule has 2 heterocycles. The van der Waals surface area contributed by atoms with Crippen LogP contribution < -0.4 is 9.46 Å². The van der Waals surface area contributed by atoms with E-state index in [1.165, 1.54) is 36.8 Å². The Morgan fingerprint density at radius 3 is 2.61 bits per heavy atom. The van der Waals surface area contributed by atoms with Crippen molar-refractivity contribution < 1.29 is 26.3 Å². The van der Waals surface area contributed by atoms with Crippen LogP contribution in [0.2, 0.25) is 5.15 Å². The zero-order valence-electron chi connectivity index (χ0n) is 21.1. The van der Waals surface area contributed by atoms with E-state index in [9.17, 15) is 21.6 Å². The molecule has 0 aromatic carbocycles. The van der Waals surface area contributed by atoms with E-state index in [0.717, 1.165) is 6.08 Å². The van der Waals surface area contributed by atoms with Crippen molar-refractivity contribution in [1.29, 1.82) is 0 Å². The van der Waals surface area contributed by atoms with Crippen LogP contribution in [0.1, 0.15) is 32.6 Å². The van der Waals surface area contributed by atoms with Crippen molar-refractivity contribution in [2.24, 2.45) is 11.3 Å². The van der Waals surface area contributed by atoms with Crippen LogP contribution in [0.5, 0.6) is 5.88 Å². The molecule has 0 bridgehead atoms. The molecule has 0 spiro atoms. The number of nitrogens with one attached hydrogen (secondary N) is 1. The highest BCUT2D eigenvalue weighted by molar-refractivity contribution is 7.92. The second-order valence-corrected chi connectivity index (χ2v) is 12.1. The van der Waals surface area contributed by atoms with Gasteiger partial charge in [-0.3, -0.25) is 4.72 Å². The summed E-state index contributed by atoms with van der Waals surface area (Å²) in [5.74, 6) is 0.271. The second kappa shape index (κ2) is 10.8. The highest BCUT2D eigenvalue weighted by Crippen LogP contribution is 2.49. The Hall–Kier alpha value is -2.70. The molecule has 1 N–H and O–H groups in total. The van der Waals surface area contributed by atoms with Crippen LogP contribution in [0.4, 0.5) is 19.0 Å². The second-order valence-electron chi connectivity index (χ2n) is 10.1. The zero-order chi connectivity index (χ0) is 27.7. The van der Waals surface area contributed by atoms with Gasteiger partial charge < -0.3 is 9.64 Å². The summed E-state index contributed by atoms with van der Waals surface area (Å²) in [6.07, 6.45) is 4.35. The molecule has 1 unspecified atom stereocenters. The van der Waals surface area contributed by atoms with Gasteiger partial charge in [-0.2, -0.15) is 13.2 Å². The third kappa shape index (κ3) is 6.29. The van der Waals surface area contributed by atoms with Crippen LogP contribution in [0.25, 0.3) is 0 Å². The third-order valence-electron chi connectivity index (χ3n) is 7.23. The van der Waals surface area contributed by atoms with Crippen molar-refractivity contribution in [3.8, 4) is 5.88 Å². The average molecular weight is 572 g/mol. The Morgan fingerprint density at radius 2 is 1.97 bits per heavy atom. The summed E-state index contributed by atoms with van der Waals surface area (Å²) < 4.78 is 74.2. The molecule has 13 heteroatoms. The minimum Gasteiger partial charge on any atom is -0.473 e. The number of allylic oxidation sites excluding steroid dienone is 4. The molecule has 0 radical (unpaired) electrons. The lowest BCUT2D eigenvalue weighted by Crippen LogP contribution is -2.49. The van der Waals surface area contributed by atoms with E-state index in [2.05, 4.69) is 19.7 Å². The number of sulfonamides is 1. The summed E-state index contributed by atoms with van der Waals surface area (Å²) in [4.78, 5) is 13.5. The fourth-order valence-electron chi connectivity index (χ4n) is 5.16. The maximum atomic E-state index is 13.4. The molecular formula is C25H29ClF3N5O3S. The number of alkyl halides is 3. The third-order valence-corrected chi connectivity index (χ3v) is 9.02. The van der Waals surface area contributed by atoms with Gasteiger partial charge in [0.2, 0.25) is 5.88 Å². The van der Waals surface area contributed by atoms with Crippen molar-refractivity contribution in [2.75, 3.05) is 18.8 Å². The Balaban J connectivity index is 1.47. The first-order valence-electron chi connectivity index (χ1n) is 12.0. The normalized spacial score (nSPS) is 26.2. The first-order valence-corrected chi connectivity index (χ1v) is 13.9. The SMILES string of the molecule is CN(C)[C@H]1C[C@@H](C2(C)C=CC=C(C(F)(F)F)C2)CC[C@@H]1Oc1ccc(S(=O)(=O)Nc2ccncn2)c(Cl)n1. The standard InChI is InChI=1S/C25H29ClF3N5O3S/c1-24(11-4-5-17(14-24)25(27,28)29)16-6-7-19(18(13-16)34(2)3)37-22-9-8-20(23(26)32-22)38(35,36)33-21-10-12-30-15-31-21/h4-5,8-12,15-16,18-19H,6-7,13-14H2,1-3H3,(H,30,31,33)/t16-,18-,19-,24?/m0/s1. The van der Waals surface area contributed by atoms with Crippen molar-refractivity contribution in [1.82, 2.24) is 19.9 Å². The number of hydrogen-bond acceptors (Lipinski definition) is 7. The lowest BCUT2D eigenvalue weighted by molar-refractivity contribution is -0.0987. The molecule has 0 saturated heterocycles. The van der Waals surface area contributed by atoms with Crippen molar-refractivity contribution in [3.63, 3.8) is 0 Å². The van der Waals surface area contributed by atoms with Gasteiger partial charge in [-0.15, -0.1) is 0 Å². The largest absolute Gasteiger partial charge is 0.473 e. The lowest BCUT2D eigenvalue weighted by atomic mass is 9.64. The van der Waals surface area contributed by atoms with Crippen LogP contribution in [-0.4, -0.2) is 60.7 Å². The number of halogens is 4. The van der Waals surface area contributed by atoms with E-state index in [1.807, 2.05) is 32.0 Å². The average Bonchev–Trinajstić information content (AvgIpc) is 2.84. The van der Waals surface area contributed by atoms with Crippen LogP contribution in [0, 0.1) is 11.3 Å². The molecule has 38 heavy (non-hydrogen) atoms. The fourth-order valence-corrected chi connectivity index (χ4v) is 6.63. The summed E-state index contributed by atoms with van der Waals surface area (Å²) in [6.45, 7) is 1.89. The Labute approximate surface area is 225 Å². The number of likely N-dealkylation sites (N-methyl/N-ethyl adjacent to an activating group) is 1. The van der Waals surface area contributed by atoms with Gasteiger partial charge in [0.25, 0.3) is 10.0 Å².